The number of phenols is 2. The van der Waals surface area contributed by atoms with Gasteiger partial charge in [0.2, 0.25) is 5.95 Å². The second-order valence-electron chi connectivity index (χ2n) is 9.46. The molecule has 7 nitrogen and oxygen atoms in total. The minimum atomic E-state index is -0.278. The Morgan fingerprint density at radius 2 is 1.88 bits per heavy atom. The minimum Gasteiger partial charge on any atom is -0.508 e. The molecule has 1 saturated carbocycles. The molecule has 3 aromatic rings. The number of aromatic hydroxyl groups is 2. The summed E-state index contributed by atoms with van der Waals surface area (Å²) in [5.74, 6) is 0.0889. The molecule has 1 atom stereocenters. The summed E-state index contributed by atoms with van der Waals surface area (Å²) in [6.45, 7) is 4.03. The van der Waals surface area contributed by atoms with Crippen molar-refractivity contribution in [2.45, 2.75) is 64.5 Å². The van der Waals surface area contributed by atoms with E-state index in [1.54, 1.807) is 4.90 Å². The lowest BCUT2D eigenvalue weighted by atomic mass is 9.93. The van der Waals surface area contributed by atoms with Crippen LogP contribution in [0.3, 0.4) is 0 Å². The van der Waals surface area contributed by atoms with Crippen LogP contribution >= 0.6 is 0 Å². The van der Waals surface area contributed by atoms with E-state index in [0.29, 0.717) is 12.0 Å². The second kappa shape index (κ2) is 8.97. The smallest absolute Gasteiger partial charge is 0.262 e. The molecule has 7 heteroatoms. The average Bonchev–Trinajstić information content (AvgIpc) is 3.33. The van der Waals surface area contributed by atoms with Crippen molar-refractivity contribution < 1.29 is 15.0 Å². The molecule has 176 valence electrons. The predicted molar refractivity (Wildman–Crippen MR) is 132 cm³/mol. The van der Waals surface area contributed by atoms with Crippen LogP contribution in [-0.4, -0.2) is 38.2 Å². The zero-order valence-corrected chi connectivity index (χ0v) is 19.6. The molecular formula is C27H30N4O3. The van der Waals surface area contributed by atoms with E-state index in [1.807, 2.05) is 32.2 Å². The molecule has 0 saturated heterocycles. The van der Waals surface area contributed by atoms with Crippen LogP contribution in [0, 0.1) is 6.92 Å². The minimum absolute atomic E-state index is 0.0120. The highest BCUT2D eigenvalue weighted by molar-refractivity contribution is 6.09. The summed E-state index contributed by atoms with van der Waals surface area (Å²) in [6, 6.07) is 10.6. The summed E-state index contributed by atoms with van der Waals surface area (Å²) in [7, 11) is 0. The molecule has 2 aliphatic rings. The van der Waals surface area contributed by atoms with Crippen molar-refractivity contribution in [1.29, 1.82) is 0 Å². The maximum atomic E-state index is 13.4. The van der Waals surface area contributed by atoms with Gasteiger partial charge in [0, 0.05) is 35.6 Å². The summed E-state index contributed by atoms with van der Waals surface area (Å²) >= 11 is 0. The molecule has 1 fully saturated rings. The van der Waals surface area contributed by atoms with E-state index in [0.717, 1.165) is 53.8 Å². The van der Waals surface area contributed by atoms with E-state index in [4.69, 9.17) is 4.98 Å². The molecule has 0 spiro atoms. The Balaban J connectivity index is 1.47. The van der Waals surface area contributed by atoms with E-state index >= 15 is 0 Å². The Morgan fingerprint density at radius 1 is 1.09 bits per heavy atom. The molecule has 0 radical (unpaired) electrons. The quantitative estimate of drug-likeness (QED) is 0.497. The van der Waals surface area contributed by atoms with Gasteiger partial charge in [-0.3, -0.25) is 4.79 Å². The van der Waals surface area contributed by atoms with Crippen molar-refractivity contribution in [1.82, 2.24) is 9.97 Å². The standard InChI is InChI=1S/C27H30N4O3/c1-16-15-28-27(29-20-5-3-4-6-20)30-25(16)19-9-12-23-18(13-19)8-7-17(2)31(23)26(34)22-11-10-21(32)14-24(22)33/h9-15,17,20,32-33H,3-8H2,1-2H3,(H,28,29,30)/t17-/m0/s1. The van der Waals surface area contributed by atoms with Crippen LogP contribution in [0.15, 0.2) is 42.6 Å². The van der Waals surface area contributed by atoms with Gasteiger partial charge in [-0.15, -0.1) is 0 Å². The van der Waals surface area contributed by atoms with Crippen molar-refractivity contribution >= 4 is 17.5 Å². The van der Waals surface area contributed by atoms with Crippen LogP contribution in [0.4, 0.5) is 11.6 Å². The molecular weight excluding hydrogens is 428 g/mol. The van der Waals surface area contributed by atoms with Crippen molar-refractivity contribution in [2.24, 2.45) is 0 Å². The lowest BCUT2D eigenvalue weighted by Gasteiger charge is -2.35. The van der Waals surface area contributed by atoms with E-state index < -0.39 is 0 Å². The van der Waals surface area contributed by atoms with Gasteiger partial charge < -0.3 is 20.4 Å². The number of carbonyl (C=O) groups is 1. The Morgan fingerprint density at radius 3 is 2.65 bits per heavy atom. The molecule has 2 heterocycles. The predicted octanol–water partition coefficient (Wildman–Crippen LogP) is 5.20. The fraction of sp³-hybridized carbons (Fsp3) is 0.370. The number of rotatable bonds is 4. The molecule has 0 bridgehead atoms. The number of phenolic OH excluding ortho intramolecular Hbond substituents is 2. The van der Waals surface area contributed by atoms with Crippen LogP contribution in [0.5, 0.6) is 11.5 Å². The zero-order chi connectivity index (χ0) is 23.8. The fourth-order valence-corrected chi connectivity index (χ4v) is 5.10. The largest absolute Gasteiger partial charge is 0.508 e. The summed E-state index contributed by atoms with van der Waals surface area (Å²) in [6.07, 6.45) is 8.34. The van der Waals surface area contributed by atoms with Gasteiger partial charge in [0.1, 0.15) is 11.5 Å². The highest BCUT2D eigenvalue weighted by atomic mass is 16.3. The Bertz CT molecular complexity index is 1240. The maximum Gasteiger partial charge on any atom is 0.262 e. The van der Waals surface area contributed by atoms with E-state index in [2.05, 4.69) is 16.4 Å². The Labute approximate surface area is 199 Å². The van der Waals surface area contributed by atoms with Crippen LogP contribution in [0.1, 0.15) is 60.5 Å². The third kappa shape index (κ3) is 4.18. The molecule has 1 aromatic heterocycles. The molecule has 2 aromatic carbocycles. The van der Waals surface area contributed by atoms with Crippen LogP contribution in [-0.2, 0) is 6.42 Å². The lowest BCUT2D eigenvalue weighted by molar-refractivity contribution is 0.0972. The van der Waals surface area contributed by atoms with Crippen LogP contribution < -0.4 is 10.2 Å². The number of aromatic nitrogens is 2. The van der Waals surface area contributed by atoms with Gasteiger partial charge in [0.05, 0.1) is 11.3 Å². The highest BCUT2D eigenvalue weighted by Gasteiger charge is 2.31. The number of hydrogen-bond donors (Lipinski definition) is 3. The number of amides is 1. The number of carbonyl (C=O) groups excluding carboxylic acids is 1. The summed E-state index contributed by atoms with van der Waals surface area (Å²) < 4.78 is 0. The fourth-order valence-electron chi connectivity index (χ4n) is 5.10. The van der Waals surface area contributed by atoms with Gasteiger partial charge in [-0.25, -0.2) is 9.97 Å². The number of aryl methyl sites for hydroxylation is 2. The summed E-state index contributed by atoms with van der Waals surface area (Å²) in [5, 5.41) is 23.3. The van der Waals surface area contributed by atoms with Gasteiger partial charge in [0.25, 0.3) is 5.91 Å². The SMILES string of the molecule is Cc1cnc(NC2CCCC2)nc1-c1ccc2c(c1)CC[C@H](C)N2C(=O)c1ccc(O)cc1O. The van der Waals surface area contributed by atoms with Crippen molar-refractivity contribution in [2.75, 3.05) is 10.2 Å². The van der Waals surface area contributed by atoms with E-state index in [9.17, 15) is 15.0 Å². The average molecular weight is 459 g/mol. The molecule has 5 rings (SSSR count). The number of nitrogens with zero attached hydrogens (tertiary/aromatic N) is 3. The highest BCUT2D eigenvalue weighted by Crippen LogP contribution is 2.37. The van der Waals surface area contributed by atoms with Crippen LogP contribution in [0.2, 0.25) is 0 Å². The van der Waals surface area contributed by atoms with E-state index in [-0.39, 0.29) is 29.0 Å². The number of nitrogens with one attached hydrogen (secondary N) is 1. The van der Waals surface area contributed by atoms with Gasteiger partial charge in [-0.1, -0.05) is 18.9 Å². The normalized spacial score (nSPS) is 18.1. The first-order valence-corrected chi connectivity index (χ1v) is 12.0. The van der Waals surface area contributed by atoms with Gasteiger partial charge in [0.15, 0.2) is 0 Å². The van der Waals surface area contributed by atoms with Gasteiger partial charge in [-0.05, 0) is 74.9 Å². The summed E-state index contributed by atoms with van der Waals surface area (Å²) in [5.41, 5.74) is 4.99. The second-order valence-corrected chi connectivity index (χ2v) is 9.46. The Hall–Kier alpha value is -3.61. The molecule has 1 aliphatic carbocycles. The molecule has 3 N–H and O–H groups in total. The molecule has 34 heavy (non-hydrogen) atoms. The molecule has 1 aliphatic heterocycles. The number of anilines is 2. The molecule has 0 unspecified atom stereocenters. The summed E-state index contributed by atoms with van der Waals surface area (Å²) in [4.78, 5) is 24.4. The van der Waals surface area contributed by atoms with Gasteiger partial charge >= 0.3 is 0 Å². The molecule has 1 amide bonds. The first-order chi connectivity index (χ1) is 16.4. The van der Waals surface area contributed by atoms with Crippen molar-refractivity contribution in [3.63, 3.8) is 0 Å². The van der Waals surface area contributed by atoms with Crippen LogP contribution in [0.25, 0.3) is 11.3 Å². The van der Waals surface area contributed by atoms with Gasteiger partial charge in [-0.2, -0.15) is 0 Å². The van der Waals surface area contributed by atoms with Crippen molar-refractivity contribution in [3.05, 3.63) is 59.3 Å². The zero-order valence-electron chi connectivity index (χ0n) is 19.6. The first kappa shape index (κ1) is 22.2. The lowest BCUT2D eigenvalue weighted by Crippen LogP contribution is -2.42. The Kier molecular flexibility index (Phi) is 5.86. The van der Waals surface area contributed by atoms with Crippen molar-refractivity contribution in [3.8, 4) is 22.8 Å². The number of hydrogen-bond acceptors (Lipinski definition) is 6. The third-order valence-electron chi connectivity index (χ3n) is 6.98. The maximum absolute atomic E-state index is 13.4. The third-order valence-corrected chi connectivity index (χ3v) is 6.98. The number of benzene rings is 2. The number of fused-ring (bicyclic) bond motifs is 1. The van der Waals surface area contributed by atoms with E-state index in [1.165, 1.54) is 31.0 Å². The topological polar surface area (TPSA) is 98.6 Å². The first-order valence-electron chi connectivity index (χ1n) is 12.0. The monoisotopic (exact) mass is 458 g/mol.